The third-order valence-corrected chi connectivity index (χ3v) is 2.32. The quantitative estimate of drug-likeness (QED) is 0.892. The summed E-state index contributed by atoms with van der Waals surface area (Å²) in [6.07, 6.45) is 2.59. The topological polar surface area (TPSA) is 72.3 Å². The van der Waals surface area contributed by atoms with Crippen molar-refractivity contribution in [2.75, 3.05) is 6.61 Å². The van der Waals surface area contributed by atoms with Crippen LogP contribution in [0.25, 0.3) is 11.4 Å². The van der Waals surface area contributed by atoms with Crippen molar-refractivity contribution < 1.29 is 14.6 Å². The second kappa shape index (κ2) is 5.27. The Balaban J connectivity index is 2.23. The number of ether oxygens (including phenoxy) is 1. The van der Waals surface area contributed by atoms with Crippen molar-refractivity contribution in [2.24, 2.45) is 0 Å². The van der Waals surface area contributed by atoms with Gasteiger partial charge in [0.05, 0.1) is 12.2 Å². The molecule has 0 unspecified atom stereocenters. The zero-order valence-corrected chi connectivity index (χ0v) is 9.83. The Morgan fingerprint density at radius 1 is 1.22 bits per heavy atom. The summed E-state index contributed by atoms with van der Waals surface area (Å²) in [6, 6.07) is 7.32. The van der Waals surface area contributed by atoms with Gasteiger partial charge in [0, 0.05) is 18.0 Å². The standard InChI is InChI=1S/C13H12N2O3/c1-2-18-11-5-3-9(4-6-11)12-14-7-10(8-15-12)13(16)17/h3-8H,2H2,1H3,(H,16,17). The molecule has 0 aliphatic rings. The number of carbonyl (C=O) groups is 1. The Bertz CT molecular complexity index is 535. The van der Waals surface area contributed by atoms with E-state index in [2.05, 4.69) is 9.97 Å². The summed E-state index contributed by atoms with van der Waals surface area (Å²) in [5.41, 5.74) is 0.889. The van der Waals surface area contributed by atoms with E-state index in [0.717, 1.165) is 11.3 Å². The van der Waals surface area contributed by atoms with E-state index in [1.54, 1.807) is 0 Å². The number of carboxylic acid groups (broad SMARTS) is 1. The van der Waals surface area contributed by atoms with Gasteiger partial charge in [-0.15, -0.1) is 0 Å². The van der Waals surface area contributed by atoms with Gasteiger partial charge < -0.3 is 9.84 Å². The molecule has 0 aliphatic carbocycles. The number of hydrogen-bond acceptors (Lipinski definition) is 4. The molecule has 0 aliphatic heterocycles. The number of aromatic nitrogens is 2. The number of aromatic carboxylic acids is 1. The third kappa shape index (κ3) is 2.63. The molecule has 0 saturated heterocycles. The Morgan fingerprint density at radius 2 is 1.83 bits per heavy atom. The zero-order valence-electron chi connectivity index (χ0n) is 9.83. The van der Waals surface area contributed by atoms with Crippen LogP contribution in [0.15, 0.2) is 36.7 Å². The number of nitrogens with zero attached hydrogens (tertiary/aromatic N) is 2. The lowest BCUT2D eigenvalue weighted by molar-refractivity contribution is 0.0696. The molecule has 1 heterocycles. The first-order valence-electron chi connectivity index (χ1n) is 5.49. The summed E-state index contributed by atoms with van der Waals surface area (Å²) in [5.74, 6) is 0.236. The van der Waals surface area contributed by atoms with Gasteiger partial charge in [-0.25, -0.2) is 14.8 Å². The maximum absolute atomic E-state index is 10.7. The number of rotatable bonds is 4. The number of hydrogen-bond donors (Lipinski definition) is 1. The first-order chi connectivity index (χ1) is 8.70. The van der Waals surface area contributed by atoms with Gasteiger partial charge in [0.25, 0.3) is 0 Å². The average molecular weight is 244 g/mol. The van der Waals surface area contributed by atoms with Crippen LogP contribution in [0.5, 0.6) is 5.75 Å². The Morgan fingerprint density at radius 3 is 2.33 bits per heavy atom. The largest absolute Gasteiger partial charge is 0.494 e. The van der Waals surface area contributed by atoms with E-state index in [4.69, 9.17) is 9.84 Å². The molecule has 1 aromatic carbocycles. The van der Waals surface area contributed by atoms with Gasteiger partial charge in [-0.1, -0.05) is 0 Å². The van der Waals surface area contributed by atoms with Crippen LogP contribution in [0.1, 0.15) is 17.3 Å². The van der Waals surface area contributed by atoms with Crippen molar-refractivity contribution in [2.45, 2.75) is 6.92 Å². The van der Waals surface area contributed by atoms with Crippen molar-refractivity contribution in [3.05, 3.63) is 42.2 Å². The molecular formula is C13H12N2O3. The summed E-state index contributed by atoms with van der Waals surface area (Å²) < 4.78 is 5.33. The first-order valence-corrected chi connectivity index (χ1v) is 5.49. The highest BCUT2D eigenvalue weighted by molar-refractivity contribution is 5.86. The lowest BCUT2D eigenvalue weighted by Crippen LogP contribution is -1.99. The summed E-state index contributed by atoms with van der Waals surface area (Å²) in [7, 11) is 0. The van der Waals surface area contributed by atoms with E-state index in [-0.39, 0.29) is 5.56 Å². The molecule has 0 bridgehead atoms. The minimum absolute atomic E-state index is 0.0738. The lowest BCUT2D eigenvalue weighted by atomic mass is 10.2. The fourth-order valence-corrected chi connectivity index (χ4v) is 1.45. The van der Waals surface area contributed by atoms with E-state index in [0.29, 0.717) is 12.4 Å². The minimum Gasteiger partial charge on any atom is -0.494 e. The summed E-state index contributed by atoms with van der Waals surface area (Å²) in [5, 5.41) is 8.75. The highest BCUT2D eigenvalue weighted by Gasteiger charge is 2.05. The van der Waals surface area contributed by atoms with Crippen LogP contribution in [-0.2, 0) is 0 Å². The molecule has 2 rings (SSSR count). The molecular weight excluding hydrogens is 232 g/mol. The Labute approximate surface area is 104 Å². The lowest BCUT2D eigenvalue weighted by Gasteiger charge is -2.04. The van der Waals surface area contributed by atoms with Gasteiger partial charge in [0.2, 0.25) is 0 Å². The first kappa shape index (κ1) is 12.0. The van der Waals surface area contributed by atoms with E-state index < -0.39 is 5.97 Å². The van der Waals surface area contributed by atoms with Gasteiger partial charge in [0.1, 0.15) is 5.75 Å². The second-order valence-corrected chi connectivity index (χ2v) is 3.56. The molecule has 0 radical (unpaired) electrons. The maximum atomic E-state index is 10.7. The van der Waals surface area contributed by atoms with E-state index >= 15 is 0 Å². The molecule has 2 aromatic rings. The molecule has 92 valence electrons. The van der Waals surface area contributed by atoms with Crippen molar-refractivity contribution >= 4 is 5.97 Å². The molecule has 0 amide bonds. The van der Waals surface area contributed by atoms with Crippen molar-refractivity contribution in [3.8, 4) is 17.1 Å². The number of benzene rings is 1. The molecule has 1 N–H and O–H groups in total. The normalized spacial score (nSPS) is 10.1. The van der Waals surface area contributed by atoms with Gasteiger partial charge in [0.15, 0.2) is 5.82 Å². The SMILES string of the molecule is CCOc1ccc(-c2ncc(C(=O)O)cn2)cc1. The Hall–Kier alpha value is -2.43. The average Bonchev–Trinajstić information content (AvgIpc) is 2.40. The summed E-state index contributed by atoms with van der Waals surface area (Å²) in [6.45, 7) is 2.53. The third-order valence-electron chi connectivity index (χ3n) is 2.32. The molecule has 0 atom stereocenters. The monoisotopic (exact) mass is 244 g/mol. The smallest absolute Gasteiger partial charge is 0.338 e. The second-order valence-electron chi connectivity index (χ2n) is 3.56. The molecule has 18 heavy (non-hydrogen) atoms. The predicted molar refractivity (Wildman–Crippen MR) is 65.6 cm³/mol. The van der Waals surface area contributed by atoms with Gasteiger partial charge >= 0.3 is 5.97 Å². The van der Waals surface area contributed by atoms with Crippen LogP contribution in [0, 0.1) is 0 Å². The highest BCUT2D eigenvalue weighted by Crippen LogP contribution is 2.19. The number of carboxylic acids is 1. The predicted octanol–water partition coefficient (Wildman–Crippen LogP) is 2.24. The summed E-state index contributed by atoms with van der Waals surface area (Å²) in [4.78, 5) is 18.7. The summed E-state index contributed by atoms with van der Waals surface area (Å²) >= 11 is 0. The zero-order chi connectivity index (χ0) is 13.0. The van der Waals surface area contributed by atoms with Crippen LogP contribution in [0.4, 0.5) is 0 Å². The van der Waals surface area contributed by atoms with Gasteiger partial charge in [-0.2, -0.15) is 0 Å². The van der Waals surface area contributed by atoms with Gasteiger partial charge in [-0.3, -0.25) is 0 Å². The Kier molecular flexibility index (Phi) is 3.52. The van der Waals surface area contributed by atoms with Crippen molar-refractivity contribution in [3.63, 3.8) is 0 Å². The molecule has 5 heteroatoms. The fraction of sp³-hybridized carbons (Fsp3) is 0.154. The molecule has 5 nitrogen and oxygen atoms in total. The highest BCUT2D eigenvalue weighted by atomic mass is 16.5. The van der Waals surface area contributed by atoms with E-state index in [9.17, 15) is 4.79 Å². The van der Waals surface area contributed by atoms with E-state index in [1.165, 1.54) is 12.4 Å². The maximum Gasteiger partial charge on any atom is 0.338 e. The van der Waals surface area contributed by atoms with Crippen molar-refractivity contribution in [1.29, 1.82) is 0 Å². The molecule has 0 spiro atoms. The molecule has 0 saturated carbocycles. The van der Waals surface area contributed by atoms with Crippen LogP contribution in [0.3, 0.4) is 0 Å². The van der Waals surface area contributed by atoms with Crippen LogP contribution in [0.2, 0.25) is 0 Å². The van der Waals surface area contributed by atoms with Crippen LogP contribution >= 0.6 is 0 Å². The van der Waals surface area contributed by atoms with Crippen molar-refractivity contribution in [1.82, 2.24) is 9.97 Å². The molecule has 1 aromatic heterocycles. The fourth-order valence-electron chi connectivity index (χ4n) is 1.45. The van der Waals surface area contributed by atoms with Crippen LogP contribution in [-0.4, -0.2) is 27.7 Å². The van der Waals surface area contributed by atoms with Crippen LogP contribution < -0.4 is 4.74 Å². The van der Waals surface area contributed by atoms with E-state index in [1.807, 2.05) is 31.2 Å². The minimum atomic E-state index is -1.03. The molecule has 0 fully saturated rings. The van der Waals surface area contributed by atoms with Gasteiger partial charge in [-0.05, 0) is 31.2 Å².